The molecule has 140 valence electrons. The number of ether oxygens (including phenoxy) is 1. The second-order valence-corrected chi connectivity index (χ2v) is 11.8. The molecule has 5 aliphatic carbocycles. The summed E-state index contributed by atoms with van der Waals surface area (Å²) in [4.78, 5) is 0. The van der Waals surface area contributed by atoms with Crippen LogP contribution in [0.2, 0.25) is 0 Å². The summed E-state index contributed by atoms with van der Waals surface area (Å²) >= 11 is 0. The van der Waals surface area contributed by atoms with Crippen molar-refractivity contribution >= 4 is 0 Å². The van der Waals surface area contributed by atoms with Crippen molar-refractivity contribution in [2.75, 3.05) is 6.61 Å². The van der Waals surface area contributed by atoms with Gasteiger partial charge in [-0.2, -0.15) is 0 Å². The van der Waals surface area contributed by atoms with Crippen molar-refractivity contribution < 1.29 is 9.84 Å². The third-order valence-electron chi connectivity index (χ3n) is 10.3. The molecule has 1 aliphatic heterocycles. The van der Waals surface area contributed by atoms with Crippen molar-refractivity contribution in [1.29, 1.82) is 0 Å². The molecule has 0 spiro atoms. The molecular weight excluding hydrogens is 308 g/mol. The molecule has 6 aliphatic rings. The molecule has 1 N–H and O–H groups in total. The number of rotatable bonds is 1. The smallest absolute Gasteiger partial charge is 0.0924 e. The highest BCUT2D eigenvalue weighted by molar-refractivity contribution is 5.22. The zero-order valence-corrected chi connectivity index (χ0v) is 16.3. The van der Waals surface area contributed by atoms with E-state index in [0.29, 0.717) is 5.41 Å². The quantitative estimate of drug-likeness (QED) is 0.702. The molecule has 6 rings (SSSR count). The summed E-state index contributed by atoms with van der Waals surface area (Å²) in [6.45, 7) is 8.18. The van der Waals surface area contributed by atoms with Crippen LogP contribution >= 0.6 is 0 Å². The Morgan fingerprint density at radius 3 is 2.36 bits per heavy atom. The average molecular weight is 345 g/mol. The van der Waals surface area contributed by atoms with E-state index in [0.717, 1.165) is 66.8 Å². The van der Waals surface area contributed by atoms with Crippen LogP contribution in [-0.2, 0) is 4.74 Å². The summed E-state index contributed by atoms with van der Waals surface area (Å²) in [7, 11) is 0. The van der Waals surface area contributed by atoms with E-state index >= 15 is 0 Å². The summed E-state index contributed by atoms with van der Waals surface area (Å²) in [5, 5.41) is 10.6. The largest absolute Gasteiger partial charge is 0.390 e. The molecule has 0 aromatic rings. The van der Waals surface area contributed by atoms with Gasteiger partial charge in [0.05, 0.1) is 17.8 Å². The van der Waals surface area contributed by atoms with E-state index < -0.39 is 0 Å². The summed E-state index contributed by atoms with van der Waals surface area (Å²) in [5.41, 5.74) is 0.415. The molecule has 0 radical (unpaired) electrons. The molecule has 1 heterocycles. The topological polar surface area (TPSA) is 32.8 Å². The van der Waals surface area contributed by atoms with Gasteiger partial charge in [0, 0.05) is 0 Å². The second kappa shape index (κ2) is 4.66. The lowest BCUT2D eigenvalue weighted by molar-refractivity contribution is -0.112. The zero-order chi connectivity index (χ0) is 17.2. The van der Waals surface area contributed by atoms with E-state index in [9.17, 15) is 5.11 Å². The van der Waals surface area contributed by atoms with E-state index in [2.05, 4.69) is 20.8 Å². The highest BCUT2D eigenvalue weighted by Crippen LogP contribution is 2.77. The summed E-state index contributed by atoms with van der Waals surface area (Å²) in [6.07, 6.45) is 10.7. The van der Waals surface area contributed by atoms with Crippen LogP contribution in [0.5, 0.6) is 0 Å². The summed E-state index contributed by atoms with van der Waals surface area (Å²) in [6, 6.07) is 0. The molecule has 6 fully saturated rings. The normalized spacial score (nSPS) is 67.7. The van der Waals surface area contributed by atoms with Gasteiger partial charge >= 0.3 is 0 Å². The van der Waals surface area contributed by atoms with E-state index in [-0.39, 0.29) is 11.2 Å². The van der Waals surface area contributed by atoms with Gasteiger partial charge in [0.2, 0.25) is 0 Å². The van der Waals surface area contributed by atoms with Gasteiger partial charge in [0.15, 0.2) is 0 Å². The molecule has 25 heavy (non-hydrogen) atoms. The predicted molar refractivity (Wildman–Crippen MR) is 97.9 cm³/mol. The standard InChI is InChI=1S/C23H36O2/c1-21(24)8-6-14-13(11-21)4-5-16-15(14)7-9-22(2)19(16)17-10-18(17)20(22)23(3)12-25-23/h13-20,24H,4-12H2,1-3H3/t13-,14+,15-,16-,17-,18+,19-,20+,21-,22+,23?/m1/s1. The fourth-order valence-corrected chi connectivity index (χ4v) is 9.49. The van der Waals surface area contributed by atoms with Gasteiger partial charge in [-0.3, -0.25) is 0 Å². The first kappa shape index (κ1) is 15.9. The van der Waals surface area contributed by atoms with Crippen molar-refractivity contribution in [1.82, 2.24) is 0 Å². The Balaban J connectivity index is 1.30. The number of aliphatic hydroxyl groups is 1. The van der Waals surface area contributed by atoms with Crippen LogP contribution in [0.15, 0.2) is 0 Å². The van der Waals surface area contributed by atoms with Crippen LogP contribution in [-0.4, -0.2) is 22.9 Å². The van der Waals surface area contributed by atoms with Gasteiger partial charge in [-0.15, -0.1) is 0 Å². The highest BCUT2D eigenvalue weighted by Gasteiger charge is 2.74. The second-order valence-electron chi connectivity index (χ2n) is 11.8. The molecular formula is C23H36O2. The van der Waals surface area contributed by atoms with Crippen molar-refractivity contribution in [3.05, 3.63) is 0 Å². The Morgan fingerprint density at radius 1 is 0.840 bits per heavy atom. The fourth-order valence-electron chi connectivity index (χ4n) is 9.49. The Labute approximate surface area is 153 Å². The lowest BCUT2D eigenvalue weighted by Crippen LogP contribution is -2.52. The third kappa shape index (κ3) is 2.05. The van der Waals surface area contributed by atoms with E-state index in [1.807, 2.05) is 0 Å². The molecule has 2 nitrogen and oxygen atoms in total. The van der Waals surface area contributed by atoms with Crippen molar-refractivity contribution in [2.24, 2.45) is 52.8 Å². The minimum atomic E-state index is -0.380. The molecule has 0 bridgehead atoms. The number of epoxide rings is 1. The van der Waals surface area contributed by atoms with Crippen LogP contribution < -0.4 is 0 Å². The first-order chi connectivity index (χ1) is 11.8. The first-order valence-corrected chi connectivity index (χ1v) is 11.2. The zero-order valence-electron chi connectivity index (χ0n) is 16.3. The number of hydrogen-bond acceptors (Lipinski definition) is 2. The van der Waals surface area contributed by atoms with Gasteiger partial charge in [-0.25, -0.2) is 0 Å². The van der Waals surface area contributed by atoms with Gasteiger partial charge in [0.1, 0.15) is 0 Å². The maximum atomic E-state index is 10.6. The van der Waals surface area contributed by atoms with Gasteiger partial charge in [-0.1, -0.05) is 6.92 Å². The molecule has 2 heteroatoms. The first-order valence-electron chi connectivity index (χ1n) is 11.2. The van der Waals surface area contributed by atoms with Crippen LogP contribution in [0.25, 0.3) is 0 Å². The molecule has 0 amide bonds. The average Bonchev–Trinajstić information content (AvgIpc) is 3.45. The van der Waals surface area contributed by atoms with E-state index in [1.54, 1.807) is 0 Å². The molecule has 0 aromatic carbocycles. The molecule has 5 saturated carbocycles. The Bertz CT molecular complexity index is 593. The molecule has 11 atom stereocenters. The summed E-state index contributed by atoms with van der Waals surface area (Å²) in [5.74, 6) is 7.56. The molecule has 1 saturated heterocycles. The third-order valence-corrected chi connectivity index (χ3v) is 10.3. The summed E-state index contributed by atoms with van der Waals surface area (Å²) < 4.78 is 6.01. The van der Waals surface area contributed by atoms with Gasteiger partial charge in [-0.05, 0) is 118 Å². The minimum Gasteiger partial charge on any atom is -0.390 e. The Morgan fingerprint density at radius 2 is 1.60 bits per heavy atom. The van der Waals surface area contributed by atoms with Crippen molar-refractivity contribution in [2.45, 2.75) is 83.3 Å². The SMILES string of the molecule is CC1([C@H]2[C@H]3C[C@H]3[C@H]3[C@@H]4CC[C@@H]5C[C@](C)(O)CC[C@@H]5[C@H]4CC[C@@]32C)CO1. The van der Waals surface area contributed by atoms with Crippen LogP contribution in [0.4, 0.5) is 0 Å². The molecule has 0 aromatic heterocycles. The van der Waals surface area contributed by atoms with Crippen molar-refractivity contribution in [3.8, 4) is 0 Å². The Hall–Kier alpha value is -0.0800. The monoisotopic (exact) mass is 344 g/mol. The number of hydrogen-bond donors (Lipinski definition) is 1. The lowest BCUT2D eigenvalue weighted by Gasteiger charge is -2.58. The van der Waals surface area contributed by atoms with Crippen LogP contribution in [0, 0.1) is 52.8 Å². The van der Waals surface area contributed by atoms with Gasteiger partial charge < -0.3 is 9.84 Å². The highest BCUT2D eigenvalue weighted by atomic mass is 16.6. The maximum absolute atomic E-state index is 10.6. The number of fused-ring (bicyclic) bond motifs is 7. The van der Waals surface area contributed by atoms with E-state index in [4.69, 9.17) is 4.74 Å². The lowest BCUT2D eigenvalue weighted by atomic mass is 9.47. The minimum absolute atomic E-state index is 0.233. The fraction of sp³-hybridized carbons (Fsp3) is 1.00. The predicted octanol–water partition coefficient (Wildman–Crippen LogP) is 4.65. The van der Waals surface area contributed by atoms with Gasteiger partial charge in [0.25, 0.3) is 0 Å². The maximum Gasteiger partial charge on any atom is 0.0924 e. The van der Waals surface area contributed by atoms with E-state index in [1.165, 1.54) is 38.5 Å². The van der Waals surface area contributed by atoms with Crippen LogP contribution in [0.3, 0.4) is 0 Å². The van der Waals surface area contributed by atoms with Crippen LogP contribution in [0.1, 0.15) is 72.1 Å². The van der Waals surface area contributed by atoms with Crippen molar-refractivity contribution in [3.63, 3.8) is 0 Å². The Kier molecular flexibility index (Phi) is 2.97. The molecule has 1 unspecified atom stereocenters.